The van der Waals surface area contributed by atoms with E-state index in [1.54, 1.807) is 18.2 Å². The van der Waals surface area contributed by atoms with Crippen LogP contribution in [-0.2, 0) is 4.79 Å². The summed E-state index contributed by atoms with van der Waals surface area (Å²) < 4.78 is 13.3. The van der Waals surface area contributed by atoms with E-state index in [1.807, 2.05) is 20.8 Å². The predicted octanol–water partition coefficient (Wildman–Crippen LogP) is 3.22. The fourth-order valence-electron chi connectivity index (χ4n) is 1.30. The molecule has 0 aliphatic carbocycles. The Labute approximate surface area is 106 Å². The van der Waals surface area contributed by atoms with Gasteiger partial charge in [0.2, 0.25) is 5.91 Å². The molecule has 0 atom stereocenters. The van der Waals surface area contributed by atoms with Gasteiger partial charge in [-0.05, 0) is 32.9 Å². The van der Waals surface area contributed by atoms with E-state index < -0.39 is 0 Å². The fourth-order valence-corrected chi connectivity index (χ4v) is 2.18. The molecule has 4 heteroatoms. The second-order valence-corrected chi connectivity index (χ2v) is 5.96. The van der Waals surface area contributed by atoms with Crippen molar-refractivity contribution >= 4 is 17.7 Å². The third kappa shape index (κ3) is 5.73. The van der Waals surface area contributed by atoms with Gasteiger partial charge in [0.15, 0.2) is 0 Å². The van der Waals surface area contributed by atoms with Gasteiger partial charge in [-0.25, -0.2) is 4.39 Å². The topological polar surface area (TPSA) is 29.1 Å². The SMILES string of the molecule is CC(C)(C)NC(=O)CCSc1ccccc1F. The largest absolute Gasteiger partial charge is 0.351 e. The molecule has 17 heavy (non-hydrogen) atoms. The van der Waals surface area contributed by atoms with E-state index in [2.05, 4.69) is 5.32 Å². The van der Waals surface area contributed by atoms with Crippen LogP contribution < -0.4 is 5.32 Å². The predicted molar refractivity (Wildman–Crippen MR) is 69.6 cm³/mol. The Morgan fingerprint density at radius 1 is 1.35 bits per heavy atom. The Morgan fingerprint density at radius 3 is 2.59 bits per heavy atom. The number of benzene rings is 1. The summed E-state index contributed by atoms with van der Waals surface area (Å²) in [5.74, 6) is 0.359. The van der Waals surface area contributed by atoms with Gasteiger partial charge in [-0.15, -0.1) is 11.8 Å². The highest BCUT2D eigenvalue weighted by atomic mass is 32.2. The van der Waals surface area contributed by atoms with Gasteiger partial charge in [0.05, 0.1) is 0 Å². The fraction of sp³-hybridized carbons (Fsp3) is 0.462. The molecule has 0 unspecified atom stereocenters. The third-order valence-corrected chi connectivity index (χ3v) is 2.99. The number of amides is 1. The van der Waals surface area contributed by atoms with Crippen LogP contribution in [0.5, 0.6) is 0 Å². The monoisotopic (exact) mass is 255 g/mol. The van der Waals surface area contributed by atoms with Gasteiger partial charge in [0.25, 0.3) is 0 Å². The second-order valence-electron chi connectivity index (χ2n) is 4.83. The van der Waals surface area contributed by atoms with Crippen LogP contribution in [0.2, 0.25) is 0 Å². The quantitative estimate of drug-likeness (QED) is 0.837. The van der Waals surface area contributed by atoms with E-state index in [1.165, 1.54) is 17.8 Å². The smallest absolute Gasteiger partial charge is 0.221 e. The van der Waals surface area contributed by atoms with Crippen LogP contribution in [0.1, 0.15) is 27.2 Å². The molecule has 0 bridgehead atoms. The normalized spacial score (nSPS) is 11.3. The van der Waals surface area contributed by atoms with Crippen molar-refractivity contribution in [3.8, 4) is 0 Å². The highest BCUT2D eigenvalue weighted by Crippen LogP contribution is 2.21. The molecule has 1 amide bonds. The van der Waals surface area contributed by atoms with Crippen molar-refractivity contribution in [2.24, 2.45) is 0 Å². The molecule has 0 saturated heterocycles. The van der Waals surface area contributed by atoms with Crippen molar-refractivity contribution in [2.45, 2.75) is 37.6 Å². The zero-order valence-corrected chi connectivity index (χ0v) is 11.2. The minimum absolute atomic E-state index is 0.00124. The maximum Gasteiger partial charge on any atom is 0.221 e. The molecule has 0 aliphatic heterocycles. The Kier molecular flexibility index (Phi) is 5.00. The average Bonchev–Trinajstić information content (AvgIpc) is 2.18. The highest BCUT2D eigenvalue weighted by Gasteiger charge is 2.13. The van der Waals surface area contributed by atoms with Gasteiger partial charge in [-0.2, -0.15) is 0 Å². The number of carbonyl (C=O) groups is 1. The van der Waals surface area contributed by atoms with Crippen LogP contribution in [0.4, 0.5) is 4.39 Å². The molecule has 0 aliphatic rings. The van der Waals surface area contributed by atoms with E-state index in [9.17, 15) is 9.18 Å². The molecule has 94 valence electrons. The van der Waals surface area contributed by atoms with Crippen LogP contribution >= 0.6 is 11.8 Å². The number of hydrogen-bond donors (Lipinski definition) is 1. The van der Waals surface area contributed by atoms with Crippen LogP contribution in [0.15, 0.2) is 29.2 Å². The Balaban J connectivity index is 2.34. The molecular formula is C13H18FNOS. The molecular weight excluding hydrogens is 237 g/mol. The number of halogens is 1. The van der Waals surface area contributed by atoms with Crippen molar-refractivity contribution in [1.29, 1.82) is 0 Å². The van der Waals surface area contributed by atoms with E-state index in [0.29, 0.717) is 17.1 Å². The molecule has 2 nitrogen and oxygen atoms in total. The first-order chi connectivity index (χ1) is 7.88. The lowest BCUT2D eigenvalue weighted by atomic mass is 10.1. The van der Waals surface area contributed by atoms with Crippen molar-refractivity contribution < 1.29 is 9.18 Å². The molecule has 0 aromatic heterocycles. The maximum atomic E-state index is 13.3. The lowest BCUT2D eigenvalue weighted by Gasteiger charge is -2.20. The molecule has 0 spiro atoms. The zero-order chi connectivity index (χ0) is 12.9. The number of rotatable bonds is 4. The van der Waals surface area contributed by atoms with Crippen LogP contribution in [-0.4, -0.2) is 17.2 Å². The van der Waals surface area contributed by atoms with Crippen molar-refractivity contribution in [2.75, 3.05) is 5.75 Å². The van der Waals surface area contributed by atoms with Gasteiger partial charge in [0.1, 0.15) is 5.82 Å². The zero-order valence-electron chi connectivity index (χ0n) is 10.4. The summed E-state index contributed by atoms with van der Waals surface area (Å²) in [6.07, 6.45) is 0.399. The number of nitrogens with one attached hydrogen (secondary N) is 1. The van der Waals surface area contributed by atoms with Crippen LogP contribution in [0.25, 0.3) is 0 Å². The third-order valence-electron chi connectivity index (χ3n) is 1.94. The molecule has 1 aromatic carbocycles. The standard InChI is InChI=1S/C13H18FNOS/c1-13(2,3)15-12(16)8-9-17-11-7-5-4-6-10(11)14/h4-7H,8-9H2,1-3H3,(H,15,16). The van der Waals surface area contributed by atoms with Crippen molar-refractivity contribution in [1.82, 2.24) is 5.32 Å². The Bertz CT molecular complexity index is 387. The van der Waals surface area contributed by atoms with Crippen LogP contribution in [0, 0.1) is 5.82 Å². The summed E-state index contributed by atoms with van der Waals surface area (Å²) in [4.78, 5) is 12.1. The molecule has 0 saturated carbocycles. The molecule has 1 N–H and O–H groups in total. The van der Waals surface area contributed by atoms with Gasteiger partial charge in [-0.1, -0.05) is 12.1 Å². The number of hydrogen-bond acceptors (Lipinski definition) is 2. The summed E-state index contributed by atoms with van der Waals surface area (Å²) in [5, 5.41) is 2.87. The minimum Gasteiger partial charge on any atom is -0.351 e. The first-order valence-electron chi connectivity index (χ1n) is 5.57. The van der Waals surface area contributed by atoms with E-state index >= 15 is 0 Å². The average molecular weight is 255 g/mol. The van der Waals surface area contributed by atoms with E-state index in [0.717, 1.165) is 0 Å². The van der Waals surface area contributed by atoms with Crippen molar-refractivity contribution in [3.05, 3.63) is 30.1 Å². The van der Waals surface area contributed by atoms with Crippen molar-refractivity contribution in [3.63, 3.8) is 0 Å². The summed E-state index contributed by atoms with van der Waals surface area (Å²) in [6, 6.07) is 6.60. The molecule has 0 fully saturated rings. The second kappa shape index (κ2) is 6.05. The molecule has 1 rings (SSSR count). The lowest BCUT2D eigenvalue weighted by Crippen LogP contribution is -2.40. The first-order valence-corrected chi connectivity index (χ1v) is 6.55. The minimum atomic E-state index is -0.228. The Morgan fingerprint density at radius 2 is 2.00 bits per heavy atom. The van der Waals surface area contributed by atoms with Gasteiger partial charge < -0.3 is 5.32 Å². The van der Waals surface area contributed by atoms with Gasteiger partial charge >= 0.3 is 0 Å². The Hall–Kier alpha value is -1.03. The molecule has 0 heterocycles. The molecule has 1 aromatic rings. The van der Waals surface area contributed by atoms with E-state index in [-0.39, 0.29) is 17.3 Å². The summed E-state index contributed by atoms with van der Waals surface area (Å²) in [5.41, 5.74) is -0.209. The summed E-state index contributed by atoms with van der Waals surface area (Å²) in [7, 11) is 0. The number of thioether (sulfide) groups is 1. The lowest BCUT2D eigenvalue weighted by molar-refractivity contribution is -0.122. The van der Waals surface area contributed by atoms with Gasteiger partial charge in [0, 0.05) is 22.6 Å². The number of carbonyl (C=O) groups excluding carboxylic acids is 1. The molecule has 0 radical (unpaired) electrons. The summed E-state index contributed by atoms with van der Waals surface area (Å²) in [6.45, 7) is 5.82. The van der Waals surface area contributed by atoms with E-state index in [4.69, 9.17) is 0 Å². The van der Waals surface area contributed by atoms with Gasteiger partial charge in [-0.3, -0.25) is 4.79 Å². The van der Waals surface area contributed by atoms with Crippen LogP contribution in [0.3, 0.4) is 0 Å². The first kappa shape index (κ1) is 14.0. The highest BCUT2D eigenvalue weighted by molar-refractivity contribution is 7.99. The maximum absolute atomic E-state index is 13.3. The summed E-state index contributed by atoms with van der Waals surface area (Å²) >= 11 is 1.37.